The van der Waals surface area contributed by atoms with E-state index < -0.39 is 0 Å². The molecule has 1 saturated carbocycles. The van der Waals surface area contributed by atoms with Crippen LogP contribution in [0.5, 0.6) is 0 Å². The minimum Gasteiger partial charge on any atom is -0.399 e. The fourth-order valence-corrected chi connectivity index (χ4v) is 7.42. The molecule has 0 atom stereocenters. The smallest absolute Gasteiger partial charge is 0.399 e. The van der Waals surface area contributed by atoms with Crippen molar-refractivity contribution in [1.29, 1.82) is 0 Å². The molecule has 2 saturated heterocycles. The minimum atomic E-state index is -0.368. The van der Waals surface area contributed by atoms with Gasteiger partial charge in [0.15, 0.2) is 0 Å². The van der Waals surface area contributed by atoms with E-state index in [2.05, 4.69) is 128 Å². The summed E-state index contributed by atoms with van der Waals surface area (Å²) >= 11 is 0. The Bertz CT molecular complexity index is 1550. The molecule has 4 aliphatic rings. The van der Waals surface area contributed by atoms with Gasteiger partial charge in [-0.2, -0.15) is 0 Å². The Balaban J connectivity index is 1.30. The highest BCUT2D eigenvalue weighted by atomic mass is 16.7. The summed E-state index contributed by atoms with van der Waals surface area (Å²) in [5, 5.41) is 0. The summed E-state index contributed by atoms with van der Waals surface area (Å²) < 4.78 is 25.5. The third kappa shape index (κ3) is 4.43. The molecule has 1 spiro atoms. The molecule has 4 nitrogen and oxygen atoms in total. The van der Waals surface area contributed by atoms with E-state index in [1.165, 1.54) is 59.1 Å². The van der Waals surface area contributed by atoms with E-state index in [9.17, 15) is 0 Å². The molecule has 7 rings (SSSR count). The maximum atomic E-state index is 6.37. The fraction of sp³-hybridized carbons (Fsp3) is 0.459. The summed E-state index contributed by atoms with van der Waals surface area (Å²) in [6.07, 6.45) is 4.84. The minimum absolute atomic E-state index is 0.0299. The SMILES string of the molecule is CC1(C)OB(c2ccc(C3=C(c4ccc(B5OC(C)(C)C(C)(C)O5)cc4)C4(CCCC4)c4ccccc43)cc2)OC1(C)C. The van der Waals surface area contributed by atoms with E-state index in [1.54, 1.807) is 0 Å². The van der Waals surface area contributed by atoms with Crippen LogP contribution in [0.4, 0.5) is 0 Å². The van der Waals surface area contributed by atoms with E-state index in [-0.39, 0.29) is 42.1 Å². The highest BCUT2D eigenvalue weighted by Gasteiger charge is 2.53. The third-order valence-electron chi connectivity index (χ3n) is 11.3. The van der Waals surface area contributed by atoms with Crippen molar-refractivity contribution in [2.45, 2.75) is 109 Å². The van der Waals surface area contributed by atoms with Gasteiger partial charge >= 0.3 is 14.2 Å². The number of hydrogen-bond acceptors (Lipinski definition) is 4. The van der Waals surface area contributed by atoms with Gasteiger partial charge in [0.25, 0.3) is 0 Å². The Kier molecular flexibility index (Phi) is 6.55. The molecular formula is C37H44B2O4. The van der Waals surface area contributed by atoms with Crippen LogP contribution in [0.15, 0.2) is 72.8 Å². The monoisotopic (exact) mass is 574 g/mol. The van der Waals surface area contributed by atoms with Gasteiger partial charge in [0.2, 0.25) is 0 Å². The van der Waals surface area contributed by atoms with E-state index in [0.29, 0.717) is 0 Å². The van der Waals surface area contributed by atoms with Crippen molar-refractivity contribution in [3.63, 3.8) is 0 Å². The lowest BCUT2D eigenvalue weighted by molar-refractivity contribution is 0.00578. The third-order valence-corrected chi connectivity index (χ3v) is 11.3. The van der Waals surface area contributed by atoms with Gasteiger partial charge in [-0.05, 0) is 113 Å². The molecule has 222 valence electrons. The van der Waals surface area contributed by atoms with E-state index in [0.717, 1.165) is 10.9 Å². The largest absolute Gasteiger partial charge is 0.494 e. The topological polar surface area (TPSA) is 36.9 Å². The second-order valence-corrected chi connectivity index (χ2v) is 15.0. The number of fused-ring (bicyclic) bond motifs is 2. The Hall–Kier alpha value is -2.63. The molecule has 0 N–H and O–H groups in total. The molecule has 2 aliphatic heterocycles. The molecule has 0 amide bonds. The Morgan fingerprint density at radius 2 is 0.930 bits per heavy atom. The highest BCUT2D eigenvalue weighted by molar-refractivity contribution is 6.62. The van der Waals surface area contributed by atoms with Crippen molar-refractivity contribution >= 4 is 36.3 Å². The van der Waals surface area contributed by atoms with E-state index in [1.807, 2.05) is 0 Å². The van der Waals surface area contributed by atoms with Crippen LogP contribution in [0.3, 0.4) is 0 Å². The molecule has 43 heavy (non-hydrogen) atoms. The number of rotatable bonds is 4. The summed E-state index contributed by atoms with van der Waals surface area (Å²) in [7, 11) is -0.733. The van der Waals surface area contributed by atoms with Crippen LogP contribution in [0, 0.1) is 0 Å². The number of allylic oxidation sites excluding steroid dienone is 1. The van der Waals surface area contributed by atoms with Crippen molar-refractivity contribution in [3.8, 4) is 0 Å². The van der Waals surface area contributed by atoms with Crippen LogP contribution in [0.25, 0.3) is 11.1 Å². The normalized spacial score (nSPS) is 24.3. The Morgan fingerprint density at radius 1 is 0.512 bits per heavy atom. The first-order valence-electron chi connectivity index (χ1n) is 16.0. The molecule has 2 heterocycles. The first-order chi connectivity index (χ1) is 20.2. The van der Waals surface area contributed by atoms with Gasteiger partial charge in [0.05, 0.1) is 22.4 Å². The predicted molar refractivity (Wildman–Crippen MR) is 177 cm³/mol. The van der Waals surface area contributed by atoms with E-state index >= 15 is 0 Å². The fourth-order valence-electron chi connectivity index (χ4n) is 7.42. The molecule has 0 bridgehead atoms. The van der Waals surface area contributed by atoms with Crippen LogP contribution in [0.1, 0.15) is 103 Å². The maximum absolute atomic E-state index is 6.37. The first-order valence-corrected chi connectivity index (χ1v) is 16.0. The average Bonchev–Trinajstić information content (AvgIpc) is 3.66. The molecule has 3 aromatic carbocycles. The van der Waals surface area contributed by atoms with Crippen LogP contribution in [-0.2, 0) is 24.0 Å². The lowest BCUT2D eigenvalue weighted by atomic mass is 9.72. The summed E-state index contributed by atoms with van der Waals surface area (Å²) in [5.74, 6) is 0. The molecule has 0 aromatic heterocycles. The van der Waals surface area contributed by atoms with Crippen molar-refractivity contribution in [2.75, 3.05) is 0 Å². The number of hydrogen-bond donors (Lipinski definition) is 0. The van der Waals surface area contributed by atoms with Crippen molar-refractivity contribution in [1.82, 2.24) is 0 Å². The summed E-state index contributed by atoms with van der Waals surface area (Å²) in [4.78, 5) is 0. The van der Waals surface area contributed by atoms with Crippen LogP contribution < -0.4 is 10.9 Å². The number of benzene rings is 3. The van der Waals surface area contributed by atoms with Gasteiger partial charge < -0.3 is 18.6 Å². The zero-order chi connectivity index (χ0) is 30.4. The molecular weight excluding hydrogens is 530 g/mol. The van der Waals surface area contributed by atoms with Gasteiger partial charge in [-0.15, -0.1) is 0 Å². The van der Waals surface area contributed by atoms with Crippen molar-refractivity contribution in [2.24, 2.45) is 0 Å². The molecule has 0 radical (unpaired) electrons. The summed E-state index contributed by atoms with van der Waals surface area (Å²) in [6.45, 7) is 16.8. The average molecular weight is 574 g/mol. The van der Waals surface area contributed by atoms with Crippen LogP contribution in [0.2, 0.25) is 0 Å². The molecule has 3 aromatic rings. The summed E-state index contributed by atoms with van der Waals surface area (Å²) in [6, 6.07) is 27.0. The van der Waals surface area contributed by atoms with Gasteiger partial charge in [-0.3, -0.25) is 0 Å². The summed E-state index contributed by atoms with van der Waals surface area (Å²) in [5.41, 5.74) is 8.85. The lowest BCUT2D eigenvalue weighted by Gasteiger charge is -2.32. The molecule has 6 heteroatoms. The van der Waals surface area contributed by atoms with Gasteiger partial charge in [0.1, 0.15) is 0 Å². The zero-order valence-electron chi connectivity index (χ0n) is 27.0. The van der Waals surface area contributed by atoms with Gasteiger partial charge in [-0.1, -0.05) is 85.6 Å². The van der Waals surface area contributed by atoms with Crippen LogP contribution >= 0.6 is 0 Å². The molecule has 2 aliphatic carbocycles. The van der Waals surface area contributed by atoms with E-state index in [4.69, 9.17) is 18.6 Å². The van der Waals surface area contributed by atoms with Gasteiger partial charge in [-0.25, -0.2) is 0 Å². The van der Waals surface area contributed by atoms with Crippen molar-refractivity contribution < 1.29 is 18.6 Å². The maximum Gasteiger partial charge on any atom is 0.494 e. The quantitative estimate of drug-likeness (QED) is 0.313. The predicted octanol–water partition coefficient (Wildman–Crippen LogP) is 7.07. The Labute approximate surface area is 258 Å². The second-order valence-electron chi connectivity index (χ2n) is 15.0. The first kappa shape index (κ1) is 29.1. The van der Waals surface area contributed by atoms with Crippen LogP contribution in [-0.4, -0.2) is 36.6 Å². The molecule has 0 unspecified atom stereocenters. The zero-order valence-corrected chi connectivity index (χ0v) is 27.0. The Morgan fingerprint density at radius 3 is 1.40 bits per heavy atom. The highest BCUT2D eigenvalue weighted by Crippen LogP contribution is 2.60. The standard InChI is InChI=1S/C37H44B2O4/c1-33(2)34(3,4)41-38(40-33)27-19-15-25(16-20-27)31-29-13-9-10-14-30(29)37(23-11-12-24-37)32(31)26-17-21-28(22-18-26)39-42-35(5,6)36(7,8)43-39/h9-10,13-22H,11-12,23-24H2,1-8H3. The lowest BCUT2D eigenvalue weighted by Crippen LogP contribution is -2.41. The molecule has 3 fully saturated rings. The van der Waals surface area contributed by atoms with Crippen molar-refractivity contribution in [3.05, 3.63) is 95.1 Å². The van der Waals surface area contributed by atoms with Gasteiger partial charge in [0, 0.05) is 5.41 Å². The second kappa shape index (κ2) is 9.68.